The fourth-order valence-electron chi connectivity index (χ4n) is 1.49. The van der Waals surface area contributed by atoms with Crippen molar-refractivity contribution in [3.63, 3.8) is 0 Å². The minimum atomic E-state index is -0.999. The van der Waals surface area contributed by atoms with Gasteiger partial charge in [-0.15, -0.1) is 0 Å². The third-order valence-electron chi connectivity index (χ3n) is 2.42. The van der Waals surface area contributed by atoms with Gasteiger partial charge in [-0.25, -0.2) is 0 Å². The molecule has 0 aliphatic rings. The summed E-state index contributed by atoms with van der Waals surface area (Å²) in [6.07, 6.45) is 2.24. The minimum absolute atomic E-state index is 0.252. The van der Waals surface area contributed by atoms with Gasteiger partial charge in [0, 0.05) is 18.0 Å². The van der Waals surface area contributed by atoms with Crippen molar-refractivity contribution in [1.29, 1.82) is 0 Å². The van der Waals surface area contributed by atoms with Crippen LogP contribution >= 0.6 is 0 Å². The van der Waals surface area contributed by atoms with Crippen molar-refractivity contribution in [2.75, 3.05) is 5.32 Å². The van der Waals surface area contributed by atoms with E-state index in [9.17, 15) is 9.59 Å². The van der Waals surface area contributed by atoms with Crippen LogP contribution in [0.25, 0.3) is 0 Å². The molecule has 2 rings (SSSR count). The molecule has 2 heterocycles. The van der Waals surface area contributed by atoms with Crippen LogP contribution in [0.15, 0.2) is 18.3 Å². The molecule has 0 bridgehead atoms. The summed E-state index contributed by atoms with van der Waals surface area (Å²) in [6.45, 7) is 1.70. The SMILES string of the molecule is CCc1cc(C(=O)Nc2ccn(CC(=O)O)n2)n[nH]1. The Balaban J connectivity index is 2.02. The van der Waals surface area contributed by atoms with E-state index in [1.807, 2.05) is 6.92 Å². The Morgan fingerprint density at radius 2 is 2.32 bits per heavy atom. The van der Waals surface area contributed by atoms with E-state index in [0.717, 1.165) is 12.1 Å². The Hall–Kier alpha value is -2.64. The number of aliphatic carboxylic acids is 1. The Morgan fingerprint density at radius 3 is 2.95 bits per heavy atom. The number of aromatic amines is 1. The van der Waals surface area contributed by atoms with Gasteiger partial charge < -0.3 is 10.4 Å². The lowest BCUT2D eigenvalue weighted by atomic mass is 10.3. The van der Waals surface area contributed by atoms with E-state index in [2.05, 4.69) is 20.6 Å². The smallest absolute Gasteiger partial charge is 0.325 e. The predicted octanol–water partition coefficient (Wildman–Crippen LogP) is 0.505. The summed E-state index contributed by atoms with van der Waals surface area (Å²) in [6, 6.07) is 3.18. The number of carbonyl (C=O) groups is 2. The molecule has 3 N–H and O–H groups in total. The molecular formula is C11H13N5O3. The Morgan fingerprint density at radius 1 is 1.53 bits per heavy atom. The number of carbonyl (C=O) groups excluding carboxylic acids is 1. The molecule has 0 fully saturated rings. The van der Waals surface area contributed by atoms with E-state index in [0.29, 0.717) is 0 Å². The molecule has 0 saturated carbocycles. The topological polar surface area (TPSA) is 113 Å². The van der Waals surface area contributed by atoms with Gasteiger partial charge in [0.15, 0.2) is 11.5 Å². The van der Waals surface area contributed by atoms with E-state index >= 15 is 0 Å². The monoisotopic (exact) mass is 263 g/mol. The van der Waals surface area contributed by atoms with Gasteiger partial charge in [-0.3, -0.25) is 19.4 Å². The molecule has 0 radical (unpaired) electrons. The molecule has 19 heavy (non-hydrogen) atoms. The molecule has 8 nitrogen and oxygen atoms in total. The van der Waals surface area contributed by atoms with Gasteiger partial charge in [-0.2, -0.15) is 10.2 Å². The van der Waals surface area contributed by atoms with Gasteiger partial charge in [-0.05, 0) is 12.5 Å². The molecule has 0 saturated heterocycles. The Bertz CT molecular complexity index is 601. The first-order chi connectivity index (χ1) is 9.08. The third-order valence-corrected chi connectivity index (χ3v) is 2.42. The Kier molecular flexibility index (Phi) is 3.60. The summed E-state index contributed by atoms with van der Waals surface area (Å²) in [7, 11) is 0. The highest BCUT2D eigenvalue weighted by molar-refractivity contribution is 6.02. The first kappa shape index (κ1) is 12.8. The van der Waals surface area contributed by atoms with E-state index in [1.165, 1.54) is 16.9 Å². The van der Waals surface area contributed by atoms with Gasteiger partial charge in [0.1, 0.15) is 6.54 Å². The highest BCUT2D eigenvalue weighted by atomic mass is 16.4. The number of H-pyrrole nitrogens is 1. The molecule has 0 atom stereocenters. The van der Waals surface area contributed by atoms with Crippen molar-refractivity contribution >= 4 is 17.7 Å². The number of nitrogens with one attached hydrogen (secondary N) is 2. The lowest BCUT2D eigenvalue weighted by molar-refractivity contribution is -0.137. The zero-order chi connectivity index (χ0) is 13.8. The van der Waals surface area contributed by atoms with E-state index in [1.54, 1.807) is 6.07 Å². The number of amides is 1. The number of anilines is 1. The number of carboxylic acid groups (broad SMARTS) is 1. The number of hydrogen-bond acceptors (Lipinski definition) is 4. The maximum absolute atomic E-state index is 11.8. The second-order valence-electron chi connectivity index (χ2n) is 3.88. The maximum Gasteiger partial charge on any atom is 0.325 e. The Labute approximate surface area is 108 Å². The van der Waals surface area contributed by atoms with E-state index < -0.39 is 11.9 Å². The van der Waals surface area contributed by atoms with Crippen molar-refractivity contribution in [3.8, 4) is 0 Å². The van der Waals surface area contributed by atoms with Gasteiger partial charge in [0.05, 0.1) is 0 Å². The van der Waals surface area contributed by atoms with Crippen LogP contribution in [0.2, 0.25) is 0 Å². The fourth-order valence-corrected chi connectivity index (χ4v) is 1.49. The van der Waals surface area contributed by atoms with Gasteiger partial charge in [0.25, 0.3) is 5.91 Å². The second-order valence-corrected chi connectivity index (χ2v) is 3.88. The molecular weight excluding hydrogens is 250 g/mol. The van der Waals surface area contributed by atoms with Crippen LogP contribution in [0.5, 0.6) is 0 Å². The zero-order valence-electron chi connectivity index (χ0n) is 10.3. The summed E-state index contributed by atoms with van der Waals surface area (Å²) in [4.78, 5) is 22.3. The lowest BCUT2D eigenvalue weighted by Crippen LogP contribution is -2.14. The molecule has 8 heteroatoms. The van der Waals surface area contributed by atoms with Crippen LogP contribution < -0.4 is 5.32 Å². The summed E-state index contributed by atoms with van der Waals surface area (Å²) < 4.78 is 1.22. The number of hydrogen-bond donors (Lipinski definition) is 3. The summed E-state index contributed by atoms with van der Waals surface area (Å²) in [5, 5.41) is 21.7. The molecule has 0 spiro atoms. The average Bonchev–Trinajstić information content (AvgIpc) is 2.97. The van der Waals surface area contributed by atoms with Gasteiger partial charge in [0.2, 0.25) is 0 Å². The zero-order valence-corrected chi connectivity index (χ0v) is 10.3. The number of carboxylic acids is 1. The lowest BCUT2D eigenvalue weighted by Gasteiger charge is -1.98. The molecule has 0 aliphatic carbocycles. The van der Waals surface area contributed by atoms with Crippen LogP contribution in [0.1, 0.15) is 23.1 Å². The van der Waals surface area contributed by atoms with Crippen LogP contribution in [0, 0.1) is 0 Å². The first-order valence-corrected chi connectivity index (χ1v) is 5.69. The molecule has 0 unspecified atom stereocenters. The van der Waals surface area contributed by atoms with Gasteiger partial charge in [-0.1, -0.05) is 6.92 Å². The molecule has 1 amide bonds. The standard InChI is InChI=1S/C11H13N5O3/c1-2-7-5-8(14-13-7)11(19)12-9-3-4-16(15-9)6-10(17)18/h3-5H,2,6H2,1H3,(H,13,14)(H,17,18)(H,12,15,19). The maximum atomic E-state index is 11.8. The minimum Gasteiger partial charge on any atom is -0.480 e. The largest absolute Gasteiger partial charge is 0.480 e. The van der Waals surface area contributed by atoms with E-state index in [4.69, 9.17) is 5.11 Å². The molecule has 0 aliphatic heterocycles. The number of aromatic nitrogens is 4. The highest BCUT2D eigenvalue weighted by Gasteiger charge is 2.12. The number of aryl methyl sites for hydroxylation is 1. The fraction of sp³-hybridized carbons (Fsp3) is 0.273. The average molecular weight is 263 g/mol. The van der Waals surface area contributed by atoms with Crippen molar-refractivity contribution < 1.29 is 14.7 Å². The number of nitrogens with zero attached hydrogens (tertiary/aromatic N) is 3. The molecule has 2 aromatic heterocycles. The third kappa shape index (κ3) is 3.18. The quantitative estimate of drug-likeness (QED) is 0.727. The first-order valence-electron chi connectivity index (χ1n) is 5.69. The van der Waals surface area contributed by atoms with Crippen molar-refractivity contribution in [1.82, 2.24) is 20.0 Å². The normalized spacial score (nSPS) is 10.4. The summed E-state index contributed by atoms with van der Waals surface area (Å²) in [5.41, 5.74) is 1.13. The molecule has 100 valence electrons. The highest BCUT2D eigenvalue weighted by Crippen LogP contribution is 2.06. The van der Waals surface area contributed by atoms with Crippen LogP contribution in [-0.2, 0) is 17.8 Å². The second kappa shape index (κ2) is 5.34. The van der Waals surface area contributed by atoms with Crippen LogP contribution in [0.3, 0.4) is 0 Å². The van der Waals surface area contributed by atoms with Crippen molar-refractivity contribution in [2.45, 2.75) is 19.9 Å². The molecule has 2 aromatic rings. The van der Waals surface area contributed by atoms with Crippen LogP contribution in [0.4, 0.5) is 5.82 Å². The predicted molar refractivity (Wildman–Crippen MR) is 65.8 cm³/mol. The van der Waals surface area contributed by atoms with Crippen molar-refractivity contribution in [3.05, 3.63) is 29.7 Å². The summed E-state index contributed by atoms with van der Waals surface area (Å²) >= 11 is 0. The van der Waals surface area contributed by atoms with E-state index in [-0.39, 0.29) is 18.1 Å². The summed E-state index contributed by atoms with van der Waals surface area (Å²) in [5.74, 6) is -1.11. The van der Waals surface area contributed by atoms with Crippen LogP contribution in [-0.4, -0.2) is 37.0 Å². The molecule has 0 aromatic carbocycles. The van der Waals surface area contributed by atoms with Gasteiger partial charge >= 0.3 is 5.97 Å². The number of rotatable bonds is 5. The van der Waals surface area contributed by atoms with Crippen molar-refractivity contribution in [2.24, 2.45) is 0 Å².